The number of aliphatic imine (C=N–C) groups is 1. The minimum Gasteiger partial charge on any atom is -0.354 e. The van der Waals surface area contributed by atoms with Crippen LogP contribution in [0.2, 0.25) is 0 Å². The van der Waals surface area contributed by atoms with Gasteiger partial charge in [-0.25, -0.2) is 8.42 Å². The van der Waals surface area contributed by atoms with E-state index in [4.69, 9.17) is 0 Å². The fourth-order valence-corrected chi connectivity index (χ4v) is 4.41. The molecule has 2 N–H and O–H groups in total. The first-order valence-corrected chi connectivity index (χ1v) is 11.2. The average Bonchev–Trinajstić information content (AvgIpc) is 3.25. The lowest BCUT2D eigenvalue weighted by atomic mass is 9.85. The summed E-state index contributed by atoms with van der Waals surface area (Å²) in [6.07, 6.45) is 10.1. The van der Waals surface area contributed by atoms with E-state index in [0.29, 0.717) is 12.5 Å². The summed E-state index contributed by atoms with van der Waals surface area (Å²) < 4.78 is 22.6. The van der Waals surface area contributed by atoms with Crippen LogP contribution in [0, 0.1) is 11.8 Å². The lowest BCUT2D eigenvalue weighted by Gasteiger charge is -2.22. The molecule has 0 radical (unpaired) electrons. The maximum absolute atomic E-state index is 11.3. The van der Waals surface area contributed by atoms with Gasteiger partial charge < -0.3 is 10.6 Å². The van der Waals surface area contributed by atoms with Crippen LogP contribution in [0.5, 0.6) is 0 Å². The highest BCUT2D eigenvalue weighted by atomic mass is 127. The summed E-state index contributed by atoms with van der Waals surface area (Å²) in [6.45, 7) is 4.77. The largest absolute Gasteiger partial charge is 0.354 e. The summed E-state index contributed by atoms with van der Waals surface area (Å²) in [5, 5.41) is 6.92. The molecule has 142 valence electrons. The Morgan fingerprint density at radius 3 is 2.50 bits per heavy atom. The van der Waals surface area contributed by atoms with Gasteiger partial charge in [-0.1, -0.05) is 32.1 Å². The molecule has 24 heavy (non-hydrogen) atoms. The Kier molecular flexibility index (Phi) is 9.33. The molecule has 3 unspecified atom stereocenters. The van der Waals surface area contributed by atoms with Crippen LogP contribution in [0.4, 0.5) is 0 Å². The molecule has 0 aromatic rings. The van der Waals surface area contributed by atoms with E-state index < -0.39 is 9.84 Å². The van der Waals surface area contributed by atoms with Crippen molar-refractivity contribution in [1.82, 2.24) is 10.6 Å². The molecule has 0 amide bonds. The maximum Gasteiger partial charge on any atom is 0.191 e. The van der Waals surface area contributed by atoms with Gasteiger partial charge in [0.25, 0.3) is 0 Å². The second-order valence-corrected chi connectivity index (χ2v) is 9.60. The first-order chi connectivity index (χ1) is 10.9. The molecule has 0 aromatic carbocycles. The van der Waals surface area contributed by atoms with Gasteiger partial charge in [-0.05, 0) is 38.5 Å². The van der Waals surface area contributed by atoms with E-state index in [9.17, 15) is 8.42 Å². The van der Waals surface area contributed by atoms with Gasteiger partial charge in [0, 0.05) is 24.9 Å². The smallest absolute Gasteiger partial charge is 0.191 e. The lowest BCUT2D eigenvalue weighted by Crippen LogP contribution is -2.44. The van der Waals surface area contributed by atoms with Gasteiger partial charge in [-0.15, -0.1) is 24.0 Å². The fourth-order valence-electron chi connectivity index (χ4n) is 3.63. The van der Waals surface area contributed by atoms with Crippen molar-refractivity contribution in [3.05, 3.63) is 0 Å². The SMILES string of the molecule is CCN=C(NC(C)CCS(C)(=O)=O)NC1CC1C1CCCCC1.I. The standard InChI is InChI=1S/C17H33N3O2S.HI/c1-4-18-17(19-13(2)10-11-23(3,21)22)20-16-12-15(16)14-8-6-5-7-9-14;/h13-16H,4-12H2,1-3H3,(H2,18,19,20);1H. The molecule has 5 nitrogen and oxygen atoms in total. The number of hydrogen-bond donors (Lipinski definition) is 2. The van der Waals surface area contributed by atoms with Crippen LogP contribution in [-0.4, -0.2) is 45.0 Å². The van der Waals surface area contributed by atoms with Gasteiger partial charge in [-0.3, -0.25) is 4.99 Å². The molecular formula is C17H34IN3O2S. The molecule has 2 rings (SSSR count). The van der Waals surface area contributed by atoms with Gasteiger partial charge in [0.1, 0.15) is 9.84 Å². The maximum atomic E-state index is 11.3. The van der Waals surface area contributed by atoms with Gasteiger partial charge >= 0.3 is 0 Å². The van der Waals surface area contributed by atoms with E-state index >= 15 is 0 Å². The molecule has 2 fully saturated rings. The van der Waals surface area contributed by atoms with Crippen molar-refractivity contribution in [3.63, 3.8) is 0 Å². The molecule has 0 bridgehead atoms. The van der Waals surface area contributed by atoms with Crippen LogP contribution in [0.25, 0.3) is 0 Å². The molecule has 0 spiro atoms. The highest BCUT2D eigenvalue weighted by Crippen LogP contribution is 2.44. The minimum atomic E-state index is -2.90. The predicted octanol–water partition coefficient (Wildman–Crippen LogP) is 2.95. The third kappa shape index (κ3) is 7.89. The van der Waals surface area contributed by atoms with Crippen molar-refractivity contribution in [3.8, 4) is 0 Å². The quantitative estimate of drug-likeness (QED) is 0.340. The monoisotopic (exact) mass is 471 g/mol. The summed E-state index contributed by atoms with van der Waals surface area (Å²) in [5.41, 5.74) is 0. The zero-order valence-corrected chi connectivity index (χ0v) is 18.4. The number of rotatable bonds is 7. The third-order valence-electron chi connectivity index (χ3n) is 5.04. The van der Waals surface area contributed by atoms with E-state index in [-0.39, 0.29) is 35.8 Å². The van der Waals surface area contributed by atoms with Crippen molar-refractivity contribution in [2.75, 3.05) is 18.6 Å². The zero-order valence-electron chi connectivity index (χ0n) is 15.3. The molecule has 0 saturated heterocycles. The molecule has 2 saturated carbocycles. The number of nitrogens with zero attached hydrogens (tertiary/aromatic N) is 1. The third-order valence-corrected chi connectivity index (χ3v) is 6.02. The van der Waals surface area contributed by atoms with Crippen molar-refractivity contribution in [2.24, 2.45) is 16.8 Å². The Morgan fingerprint density at radius 1 is 1.25 bits per heavy atom. The van der Waals surface area contributed by atoms with Gasteiger partial charge in [0.15, 0.2) is 5.96 Å². The fraction of sp³-hybridized carbons (Fsp3) is 0.941. The summed E-state index contributed by atoms with van der Waals surface area (Å²) in [7, 11) is -2.90. The van der Waals surface area contributed by atoms with Crippen LogP contribution < -0.4 is 10.6 Å². The van der Waals surface area contributed by atoms with Crippen molar-refractivity contribution < 1.29 is 8.42 Å². The Labute approximate surface area is 164 Å². The highest BCUT2D eigenvalue weighted by Gasteiger charge is 2.43. The van der Waals surface area contributed by atoms with Crippen LogP contribution in [0.1, 0.15) is 58.8 Å². The predicted molar refractivity (Wildman–Crippen MR) is 112 cm³/mol. The number of hydrogen-bond acceptors (Lipinski definition) is 3. The van der Waals surface area contributed by atoms with Crippen molar-refractivity contribution in [1.29, 1.82) is 0 Å². The van der Waals surface area contributed by atoms with Crippen molar-refractivity contribution in [2.45, 2.75) is 70.9 Å². The second-order valence-electron chi connectivity index (χ2n) is 7.34. The average molecular weight is 471 g/mol. The molecule has 0 heterocycles. The van der Waals surface area contributed by atoms with Crippen LogP contribution >= 0.6 is 24.0 Å². The Morgan fingerprint density at radius 2 is 1.92 bits per heavy atom. The van der Waals surface area contributed by atoms with Gasteiger partial charge in [0.2, 0.25) is 0 Å². The number of halogens is 1. The number of nitrogens with one attached hydrogen (secondary N) is 2. The van der Waals surface area contributed by atoms with E-state index in [0.717, 1.165) is 24.3 Å². The van der Waals surface area contributed by atoms with Crippen LogP contribution in [0.15, 0.2) is 4.99 Å². The van der Waals surface area contributed by atoms with Gasteiger partial charge in [0.05, 0.1) is 5.75 Å². The summed E-state index contributed by atoms with van der Waals surface area (Å²) >= 11 is 0. The molecule has 2 aliphatic carbocycles. The minimum absolute atomic E-state index is 0. The van der Waals surface area contributed by atoms with Crippen LogP contribution in [-0.2, 0) is 9.84 Å². The Balaban J connectivity index is 0.00000288. The summed E-state index contributed by atoms with van der Waals surface area (Å²) in [4.78, 5) is 4.51. The van der Waals surface area contributed by atoms with Crippen molar-refractivity contribution >= 4 is 39.8 Å². The normalized spacial score (nSPS) is 26.4. The Hall–Kier alpha value is -0.0500. The van der Waals surface area contributed by atoms with Gasteiger partial charge in [-0.2, -0.15) is 0 Å². The molecule has 0 aromatic heterocycles. The number of sulfone groups is 1. The summed E-state index contributed by atoms with van der Waals surface area (Å²) in [6, 6.07) is 0.660. The lowest BCUT2D eigenvalue weighted by molar-refractivity contribution is 0.315. The molecule has 7 heteroatoms. The Bertz CT molecular complexity index is 504. The van der Waals surface area contributed by atoms with Crippen LogP contribution in [0.3, 0.4) is 0 Å². The highest BCUT2D eigenvalue weighted by molar-refractivity contribution is 14.0. The first-order valence-electron chi connectivity index (χ1n) is 9.14. The van der Waals surface area contributed by atoms with E-state index in [1.165, 1.54) is 44.8 Å². The van der Waals surface area contributed by atoms with E-state index in [1.807, 2.05) is 13.8 Å². The summed E-state index contributed by atoms with van der Waals surface area (Å²) in [5.74, 6) is 2.77. The van der Waals surface area contributed by atoms with E-state index in [2.05, 4.69) is 15.6 Å². The molecule has 0 aliphatic heterocycles. The zero-order chi connectivity index (χ0) is 16.9. The molecular weight excluding hydrogens is 437 g/mol. The second kappa shape index (κ2) is 10.2. The molecule has 2 aliphatic rings. The number of guanidine groups is 1. The first kappa shape index (κ1) is 22.0. The van der Waals surface area contributed by atoms with E-state index in [1.54, 1.807) is 0 Å². The topological polar surface area (TPSA) is 70.6 Å². The molecule has 3 atom stereocenters.